The van der Waals surface area contributed by atoms with Gasteiger partial charge in [0.1, 0.15) is 0 Å². The van der Waals surface area contributed by atoms with Crippen molar-refractivity contribution in [2.24, 2.45) is 0 Å². The zero-order chi connectivity index (χ0) is 14.2. The monoisotopic (exact) mass is 290 g/mol. The minimum Gasteiger partial charge on any atom is -0.395 e. The van der Waals surface area contributed by atoms with Crippen LogP contribution in [0.2, 0.25) is 0 Å². The average Bonchev–Trinajstić information content (AvgIpc) is 2.76. The number of hydrogen-bond acceptors (Lipinski definition) is 4. The second-order valence-electron chi connectivity index (χ2n) is 4.45. The highest BCUT2D eigenvalue weighted by Gasteiger charge is 2.19. The molecule has 0 aliphatic carbocycles. The van der Waals surface area contributed by atoms with Crippen molar-refractivity contribution in [1.82, 2.24) is 9.88 Å². The van der Waals surface area contributed by atoms with E-state index < -0.39 is 0 Å². The molecule has 0 bridgehead atoms. The smallest absolute Gasteiger partial charge is 0.255 e. The lowest BCUT2D eigenvalue weighted by molar-refractivity contribution is 0.0768. The number of aromatic nitrogens is 1. The molecule has 1 amide bonds. The van der Waals surface area contributed by atoms with Gasteiger partial charge in [-0.05, 0) is 18.2 Å². The number of aliphatic hydroxyl groups excluding tert-OH is 1. The highest BCUT2D eigenvalue weighted by molar-refractivity contribution is 7.99. The van der Waals surface area contributed by atoms with E-state index in [9.17, 15) is 4.79 Å². The Morgan fingerprint density at radius 2 is 2.35 bits per heavy atom. The molecule has 0 radical (unpaired) electrons. The van der Waals surface area contributed by atoms with Crippen LogP contribution < -0.4 is 0 Å². The maximum absolute atomic E-state index is 12.6. The maximum Gasteiger partial charge on any atom is 0.255 e. The number of hydrogen-bond donors (Lipinski definition) is 1. The summed E-state index contributed by atoms with van der Waals surface area (Å²) in [4.78, 5) is 18.5. The van der Waals surface area contributed by atoms with Crippen molar-refractivity contribution in [2.75, 3.05) is 31.2 Å². The van der Waals surface area contributed by atoms with Crippen molar-refractivity contribution in [2.45, 2.75) is 12.8 Å². The number of carbonyl (C=O) groups is 1. The number of amides is 1. The lowest BCUT2D eigenvalue weighted by Crippen LogP contribution is -2.33. The van der Waals surface area contributed by atoms with Gasteiger partial charge in [-0.3, -0.25) is 9.78 Å². The fourth-order valence-electron chi connectivity index (χ4n) is 2.01. The standard InChI is InChI=1S/C15H18N2O2S/c18-9-2-1-4-13-12-16-6-5-14(13)15(19)17-7-3-10-20-11-8-17/h5-6,12,18H,2-3,7-11H2. The molecule has 0 atom stereocenters. The molecule has 1 aliphatic heterocycles. The predicted molar refractivity (Wildman–Crippen MR) is 80.7 cm³/mol. The second-order valence-corrected chi connectivity index (χ2v) is 5.68. The van der Waals surface area contributed by atoms with E-state index in [2.05, 4.69) is 16.8 Å². The summed E-state index contributed by atoms with van der Waals surface area (Å²) in [7, 11) is 0. The quantitative estimate of drug-likeness (QED) is 0.837. The number of aliphatic hydroxyl groups is 1. The molecule has 1 N–H and O–H groups in total. The van der Waals surface area contributed by atoms with Crippen LogP contribution in [0.4, 0.5) is 0 Å². The summed E-state index contributed by atoms with van der Waals surface area (Å²) in [5, 5.41) is 8.76. The molecule has 0 saturated carbocycles. The van der Waals surface area contributed by atoms with Crippen molar-refractivity contribution in [3.05, 3.63) is 29.6 Å². The van der Waals surface area contributed by atoms with Gasteiger partial charge in [0.15, 0.2) is 0 Å². The van der Waals surface area contributed by atoms with Crippen LogP contribution in [0.3, 0.4) is 0 Å². The van der Waals surface area contributed by atoms with Crippen molar-refractivity contribution in [3.63, 3.8) is 0 Å². The molecule has 5 heteroatoms. The molecule has 1 aromatic rings. The van der Waals surface area contributed by atoms with Crippen LogP contribution in [0.1, 0.15) is 28.8 Å². The number of rotatable bonds is 2. The summed E-state index contributed by atoms with van der Waals surface area (Å²) >= 11 is 1.89. The third kappa shape index (κ3) is 3.99. The molecule has 1 fully saturated rings. The first-order valence-electron chi connectivity index (χ1n) is 6.73. The molecule has 0 spiro atoms. The molecule has 20 heavy (non-hydrogen) atoms. The van der Waals surface area contributed by atoms with Crippen LogP contribution in [-0.2, 0) is 0 Å². The summed E-state index contributed by atoms with van der Waals surface area (Å²) in [6.07, 6.45) is 4.68. The van der Waals surface area contributed by atoms with Crippen molar-refractivity contribution < 1.29 is 9.90 Å². The van der Waals surface area contributed by atoms with Gasteiger partial charge in [0, 0.05) is 37.7 Å². The lowest BCUT2D eigenvalue weighted by Gasteiger charge is -2.20. The Labute approximate surface area is 123 Å². The van der Waals surface area contributed by atoms with Gasteiger partial charge < -0.3 is 10.0 Å². The van der Waals surface area contributed by atoms with Crippen LogP contribution in [0.15, 0.2) is 18.5 Å². The van der Waals surface area contributed by atoms with Gasteiger partial charge in [0.05, 0.1) is 17.7 Å². The van der Waals surface area contributed by atoms with E-state index in [1.54, 1.807) is 18.5 Å². The molecule has 0 aromatic carbocycles. The van der Waals surface area contributed by atoms with Gasteiger partial charge in [-0.15, -0.1) is 0 Å². The Kier molecular flexibility index (Phi) is 5.90. The molecular weight excluding hydrogens is 272 g/mol. The fourth-order valence-corrected chi connectivity index (χ4v) is 2.90. The third-order valence-corrected chi connectivity index (χ3v) is 4.07. The van der Waals surface area contributed by atoms with E-state index in [4.69, 9.17) is 5.11 Å². The van der Waals surface area contributed by atoms with E-state index in [1.165, 1.54) is 0 Å². The molecule has 4 nitrogen and oxygen atoms in total. The first kappa shape index (κ1) is 14.9. The maximum atomic E-state index is 12.6. The Balaban J connectivity index is 2.18. The third-order valence-electron chi connectivity index (χ3n) is 3.02. The number of carbonyl (C=O) groups excluding carboxylic acids is 1. The lowest BCUT2D eigenvalue weighted by atomic mass is 10.1. The second kappa shape index (κ2) is 7.93. The van der Waals surface area contributed by atoms with Crippen LogP contribution in [0, 0.1) is 11.8 Å². The van der Waals surface area contributed by atoms with E-state index in [0.29, 0.717) is 17.5 Å². The van der Waals surface area contributed by atoms with Crippen molar-refractivity contribution in [1.29, 1.82) is 0 Å². The Morgan fingerprint density at radius 3 is 3.20 bits per heavy atom. The zero-order valence-corrected chi connectivity index (χ0v) is 12.2. The summed E-state index contributed by atoms with van der Waals surface area (Å²) in [6.45, 7) is 1.62. The number of thioether (sulfide) groups is 1. The predicted octanol–water partition coefficient (Wildman–Crippen LogP) is 1.39. The zero-order valence-electron chi connectivity index (χ0n) is 11.3. The minimum atomic E-state index is 0.0277. The SMILES string of the molecule is O=C(c1ccncc1C#CCCO)N1CCCSCC1. The molecule has 2 heterocycles. The first-order valence-corrected chi connectivity index (χ1v) is 7.89. The number of pyridine rings is 1. The van der Waals surface area contributed by atoms with Crippen molar-refractivity contribution in [3.8, 4) is 11.8 Å². The molecule has 2 rings (SSSR count). The first-order chi connectivity index (χ1) is 9.83. The Hall–Kier alpha value is -1.51. The summed E-state index contributed by atoms with van der Waals surface area (Å²) in [6, 6.07) is 1.73. The van der Waals surface area contributed by atoms with Gasteiger partial charge >= 0.3 is 0 Å². The summed E-state index contributed by atoms with van der Waals surface area (Å²) in [5.41, 5.74) is 1.25. The highest BCUT2D eigenvalue weighted by Crippen LogP contribution is 2.15. The van der Waals surface area contributed by atoms with Gasteiger partial charge in [-0.25, -0.2) is 0 Å². The molecular formula is C15H18N2O2S. The van der Waals surface area contributed by atoms with Crippen LogP contribution in [0.5, 0.6) is 0 Å². The van der Waals surface area contributed by atoms with Crippen LogP contribution >= 0.6 is 11.8 Å². The minimum absolute atomic E-state index is 0.0277. The van der Waals surface area contributed by atoms with Crippen molar-refractivity contribution >= 4 is 17.7 Å². The molecule has 1 aliphatic rings. The van der Waals surface area contributed by atoms with Gasteiger partial charge in [0.25, 0.3) is 5.91 Å². The van der Waals surface area contributed by atoms with E-state index in [0.717, 1.165) is 31.0 Å². The Morgan fingerprint density at radius 1 is 1.45 bits per heavy atom. The molecule has 106 valence electrons. The van der Waals surface area contributed by atoms with Gasteiger partial charge in [-0.1, -0.05) is 11.8 Å². The topological polar surface area (TPSA) is 53.4 Å². The molecule has 1 saturated heterocycles. The average molecular weight is 290 g/mol. The normalized spacial score (nSPS) is 15.2. The van der Waals surface area contributed by atoms with E-state index in [1.807, 2.05) is 16.7 Å². The van der Waals surface area contributed by atoms with Crippen LogP contribution in [0.25, 0.3) is 0 Å². The van der Waals surface area contributed by atoms with Crippen LogP contribution in [-0.4, -0.2) is 52.1 Å². The summed E-state index contributed by atoms with van der Waals surface area (Å²) in [5.74, 6) is 7.91. The Bertz CT molecular complexity index is 514. The molecule has 1 aromatic heterocycles. The van der Waals surface area contributed by atoms with Gasteiger partial charge in [0.2, 0.25) is 0 Å². The van der Waals surface area contributed by atoms with E-state index in [-0.39, 0.29) is 12.5 Å². The number of nitrogens with zero attached hydrogens (tertiary/aromatic N) is 2. The fraction of sp³-hybridized carbons (Fsp3) is 0.467. The largest absolute Gasteiger partial charge is 0.395 e. The van der Waals surface area contributed by atoms with Gasteiger partial charge in [-0.2, -0.15) is 11.8 Å². The highest BCUT2D eigenvalue weighted by atomic mass is 32.2. The van der Waals surface area contributed by atoms with E-state index >= 15 is 0 Å². The summed E-state index contributed by atoms with van der Waals surface area (Å²) < 4.78 is 0. The molecule has 0 unspecified atom stereocenters.